The van der Waals surface area contributed by atoms with Crippen LogP contribution in [0.3, 0.4) is 0 Å². The summed E-state index contributed by atoms with van der Waals surface area (Å²) in [5.41, 5.74) is 1.43. The fourth-order valence-electron chi connectivity index (χ4n) is 6.66. The molecular weight excluding hydrogens is 618 g/mol. The summed E-state index contributed by atoms with van der Waals surface area (Å²) in [4.78, 5) is 19.7. The van der Waals surface area contributed by atoms with E-state index in [2.05, 4.69) is 11.8 Å². The first kappa shape index (κ1) is 33.8. The quantitative estimate of drug-likeness (QED) is 0.236. The average molecular weight is 663 g/mol. The van der Waals surface area contributed by atoms with Gasteiger partial charge in [-0.1, -0.05) is 6.07 Å². The number of aliphatic carboxylic acids is 1. The number of carbonyl (C=O) groups is 1. The molecule has 2 atom stereocenters. The van der Waals surface area contributed by atoms with Crippen molar-refractivity contribution in [1.29, 1.82) is 0 Å². The van der Waals surface area contributed by atoms with Gasteiger partial charge in [-0.2, -0.15) is 9.61 Å². The Morgan fingerprint density at radius 3 is 2.56 bits per heavy atom. The van der Waals surface area contributed by atoms with Gasteiger partial charge in [0.15, 0.2) is 11.8 Å². The number of halogens is 2. The van der Waals surface area contributed by atoms with Gasteiger partial charge in [0, 0.05) is 42.6 Å². The first-order chi connectivity index (χ1) is 22.7. The van der Waals surface area contributed by atoms with Crippen LogP contribution in [-0.4, -0.2) is 62.7 Å². The first-order valence-corrected chi connectivity index (χ1v) is 16.7. The molecule has 0 saturated carbocycles. The van der Waals surface area contributed by atoms with E-state index in [1.165, 1.54) is 12.1 Å². The van der Waals surface area contributed by atoms with Crippen molar-refractivity contribution in [3.63, 3.8) is 0 Å². The van der Waals surface area contributed by atoms with Gasteiger partial charge in [-0.3, -0.25) is 0 Å². The van der Waals surface area contributed by atoms with E-state index in [9.17, 15) is 9.90 Å². The SMILES string of the molecule is Cc1nc2cc3nn2c(c1[C@H](OC(C)(C)C)C(=O)O)N1CCC(C)(CC1)OCCCC[C@@H](C)Oc1cccc(F)c1-c1cc-3ccc1F. The van der Waals surface area contributed by atoms with Crippen LogP contribution in [0.1, 0.15) is 84.1 Å². The topological polar surface area (TPSA) is 98.4 Å². The summed E-state index contributed by atoms with van der Waals surface area (Å²) < 4.78 is 51.5. The lowest BCUT2D eigenvalue weighted by atomic mass is 9.92. The standard InChI is InChI=1S/C37H44F2N4O5/c1-22-10-7-8-19-46-37(6)15-17-42(18-16-37)34-31(33(35(44)45)48-36(3,4)5)23(2)40-30-21-28(41-43(30)34)24-13-14-26(38)25(20-24)32-27(39)11-9-12-29(32)47-22/h9,11-14,20-22,33H,7-8,10,15-19H2,1-6H3,(H,44,45)/t22-,33+/m1/s1. The fourth-order valence-corrected chi connectivity index (χ4v) is 6.66. The molecular formula is C37H44F2N4O5. The van der Waals surface area contributed by atoms with Crippen LogP contribution in [0, 0.1) is 18.6 Å². The normalized spacial score (nSPS) is 21.2. The van der Waals surface area contributed by atoms with Gasteiger partial charge in [0.2, 0.25) is 0 Å². The summed E-state index contributed by atoms with van der Waals surface area (Å²) in [6.07, 6.45) is 2.32. The maximum atomic E-state index is 15.5. The minimum Gasteiger partial charge on any atom is -0.490 e. The molecule has 2 aromatic heterocycles. The van der Waals surface area contributed by atoms with E-state index in [0.29, 0.717) is 53.7 Å². The zero-order valence-corrected chi connectivity index (χ0v) is 28.5. The van der Waals surface area contributed by atoms with Crippen molar-refractivity contribution in [1.82, 2.24) is 14.6 Å². The smallest absolute Gasteiger partial charge is 0.337 e. The lowest BCUT2D eigenvalue weighted by Gasteiger charge is -2.41. The number of ether oxygens (including phenoxy) is 3. The number of anilines is 1. The van der Waals surface area contributed by atoms with Crippen molar-refractivity contribution in [3.05, 3.63) is 65.4 Å². The number of nitrogens with zero attached hydrogens (tertiary/aromatic N) is 4. The third-order valence-corrected chi connectivity index (χ3v) is 9.17. The first-order valence-electron chi connectivity index (χ1n) is 16.7. The largest absolute Gasteiger partial charge is 0.490 e. The van der Waals surface area contributed by atoms with Crippen LogP contribution in [0.5, 0.6) is 5.75 Å². The Bertz CT molecular complexity index is 1830. The molecule has 0 unspecified atom stereocenters. The number of aromatic nitrogens is 3. The molecule has 11 heteroatoms. The second-order valence-electron chi connectivity index (χ2n) is 14.2. The lowest BCUT2D eigenvalue weighted by molar-refractivity contribution is -0.160. The number of piperidine rings is 1. The predicted molar refractivity (Wildman–Crippen MR) is 179 cm³/mol. The number of carboxylic acids is 1. The number of hydrogen-bond donors (Lipinski definition) is 1. The average Bonchev–Trinajstić information content (AvgIpc) is 3.43. The van der Waals surface area contributed by atoms with Gasteiger partial charge < -0.3 is 24.2 Å². The molecule has 48 heavy (non-hydrogen) atoms. The van der Waals surface area contributed by atoms with E-state index < -0.39 is 29.3 Å². The zero-order chi connectivity index (χ0) is 34.4. The second kappa shape index (κ2) is 13.1. The summed E-state index contributed by atoms with van der Waals surface area (Å²) in [6.45, 7) is 13.1. The Kier molecular flexibility index (Phi) is 9.21. The monoisotopic (exact) mass is 662 g/mol. The van der Waals surface area contributed by atoms with E-state index in [4.69, 9.17) is 24.3 Å². The van der Waals surface area contributed by atoms with E-state index in [-0.39, 0.29) is 28.6 Å². The highest BCUT2D eigenvalue weighted by Crippen LogP contribution is 2.40. The molecule has 6 bridgehead atoms. The molecule has 1 N–H and O–H groups in total. The van der Waals surface area contributed by atoms with E-state index >= 15 is 8.78 Å². The molecule has 0 aliphatic carbocycles. The van der Waals surface area contributed by atoms with Crippen molar-refractivity contribution >= 4 is 17.4 Å². The minimum absolute atomic E-state index is 0.0436. The molecule has 3 aliphatic rings. The van der Waals surface area contributed by atoms with Crippen molar-refractivity contribution in [2.75, 3.05) is 24.6 Å². The molecule has 4 aromatic rings. The molecule has 2 aromatic carbocycles. The number of benzene rings is 2. The number of hydrogen-bond acceptors (Lipinski definition) is 7. The molecule has 0 spiro atoms. The highest BCUT2D eigenvalue weighted by atomic mass is 19.1. The van der Waals surface area contributed by atoms with E-state index in [0.717, 1.165) is 32.1 Å². The lowest BCUT2D eigenvalue weighted by Crippen LogP contribution is -2.46. The maximum absolute atomic E-state index is 15.5. The van der Waals surface area contributed by atoms with Gasteiger partial charge in [0.25, 0.3) is 0 Å². The summed E-state index contributed by atoms with van der Waals surface area (Å²) in [5, 5.41) is 15.4. The third kappa shape index (κ3) is 6.89. The highest BCUT2D eigenvalue weighted by molar-refractivity contribution is 5.80. The Balaban J connectivity index is 1.56. The molecule has 5 heterocycles. The van der Waals surface area contributed by atoms with Gasteiger partial charge in [0.1, 0.15) is 23.2 Å². The van der Waals surface area contributed by atoms with Gasteiger partial charge in [-0.15, -0.1) is 0 Å². The molecule has 7 rings (SSSR count). The molecule has 256 valence electrons. The fraction of sp³-hybridized carbons (Fsp3) is 0.486. The molecule has 1 saturated heterocycles. The van der Waals surface area contributed by atoms with Gasteiger partial charge in [0.05, 0.1) is 34.1 Å². The summed E-state index contributed by atoms with van der Waals surface area (Å²) in [6, 6.07) is 10.8. The summed E-state index contributed by atoms with van der Waals surface area (Å²) in [7, 11) is 0. The van der Waals surface area contributed by atoms with Crippen LogP contribution < -0.4 is 9.64 Å². The van der Waals surface area contributed by atoms with Crippen LogP contribution in [0.25, 0.3) is 28.0 Å². The maximum Gasteiger partial charge on any atom is 0.337 e. The van der Waals surface area contributed by atoms with Gasteiger partial charge in [-0.05, 0) is 104 Å². The predicted octanol–water partition coefficient (Wildman–Crippen LogP) is 7.92. The molecule has 9 nitrogen and oxygen atoms in total. The number of aryl methyl sites for hydroxylation is 1. The van der Waals surface area contributed by atoms with Crippen LogP contribution in [0.2, 0.25) is 0 Å². The van der Waals surface area contributed by atoms with Gasteiger partial charge >= 0.3 is 5.97 Å². The van der Waals surface area contributed by atoms with Crippen molar-refractivity contribution in [2.24, 2.45) is 0 Å². The Labute approximate surface area is 279 Å². The number of carboxylic acid groups (broad SMARTS) is 1. The van der Waals surface area contributed by atoms with Crippen LogP contribution >= 0.6 is 0 Å². The van der Waals surface area contributed by atoms with Crippen LogP contribution in [-0.2, 0) is 14.3 Å². The minimum atomic E-state index is -1.31. The van der Waals surface area contributed by atoms with Crippen molar-refractivity contribution in [2.45, 2.75) is 97.1 Å². The highest BCUT2D eigenvalue weighted by Gasteiger charge is 2.38. The Morgan fingerprint density at radius 1 is 1.10 bits per heavy atom. The van der Waals surface area contributed by atoms with Crippen LogP contribution in [0.4, 0.5) is 14.6 Å². The number of rotatable bonds is 3. The second-order valence-corrected chi connectivity index (χ2v) is 14.2. The molecule has 0 amide bonds. The molecule has 1 fully saturated rings. The van der Waals surface area contributed by atoms with E-state index in [1.54, 1.807) is 41.8 Å². The van der Waals surface area contributed by atoms with E-state index in [1.807, 2.05) is 27.7 Å². The van der Waals surface area contributed by atoms with Crippen LogP contribution in [0.15, 0.2) is 42.5 Å². The molecule has 0 radical (unpaired) electrons. The van der Waals surface area contributed by atoms with Crippen molar-refractivity contribution < 1.29 is 32.9 Å². The van der Waals surface area contributed by atoms with Gasteiger partial charge in [-0.25, -0.2) is 18.6 Å². The Hall–Kier alpha value is -4.09. The van der Waals surface area contributed by atoms with Crippen molar-refractivity contribution in [3.8, 4) is 28.1 Å². The number of fused-ring (bicyclic) bond motifs is 8. The zero-order valence-electron chi connectivity index (χ0n) is 28.5. The summed E-state index contributed by atoms with van der Waals surface area (Å²) in [5.74, 6) is -1.48. The Morgan fingerprint density at radius 2 is 1.85 bits per heavy atom. The third-order valence-electron chi connectivity index (χ3n) is 9.17. The molecule has 3 aliphatic heterocycles. The summed E-state index contributed by atoms with van der Waals surface area (Å²) >= 11 is 0.